The molecule has 1 N–H and O–H groups in total. The van der Waals surface area contributed by atoms with E-state index in [4.69, 9.17) is 0 Å². The minimum Gasteiger partial charge on any atom is -0.273 e. The molecule has 0 atom stereocenters. The zero-order valence-electron chi connectivity index (χ0n) is 10.2. The lowest BCUT2D eigenvalue weighted by molar-refractivity contribution is -0.120. The zero-order valence-corrected chi connectivity index (χ0v) is 11.8. The van der Waals surface area contributed by atoms with Crippen LogP contribution in [0.1, 0.15) is 11.1 Å². The highest BCUT2D eigenvalue weighted by Crippen LogP contribution is 2.08. The molecule has 0 heterocycles. The molecule has 0 spiro atoms. The van der Waals surface area contributed by atoms with E-state index in [0.717, 1.165) is 15.6 Å². The van der Waals surface area contributed by atoms with Gasteiger partial charge < -0.3 is 0 Å². The molecule has 0 aromatic heterocycles. The van der Waals surface area contributed by atoms with Crippen LogP contribution in [0.5, 0.6) is 0 Å². The van der Waals surface area contributed by atoms with E-state index >= 15 is 0 Å². The molecule has 4 heteroatoms. The first-order valence-corrected chi connectivity index (χ1v) is 6.65. The predicted octanol–water partition coefficient (Wildman–Crippen LogP) is 3.14. The van der Waals surface area contributed by atoms with E-state index in [2.05, 4.69) is 26.5 Å². The second-order valence-electron chi connectivity index (χ2n) is 4.01. The number of hydrogen-bond donors (Lipinski definition) is 1. The molecule has 3 nitrogen and oxygen atoms in total. The summed E-state index contributed by atoms with van der Waals surface area (Å²) in [5.74, 6) is -0.125. The first kappa shape index (κ1) is 13.5. The number of carbonyl (C=O) groups excluding carboxylic acids is 1. The van der Waals surface area contributed by atoms with Gasteiger partial charge in [-0.15, -0.1) is 0 Å². The van der Waals surface area contributed by atoms with Gasteiger partial charge in [0.1, 0.15) is 0 Å². The minimum absolute atomic E-state index is 0.125. The fraction of sp³-hybridized carbons (Fsp3) is 0.0667. The minimum atomic E-state index is -0.125. The lowest BCUT2D eigenvalue weighted by Gasteiger charge is -1.99. The van der Waals surface area contributed by atoms with Gasteiger partial charge in [0.05, 0.1) is 12.6 Å². The Morgan fingerprint density at radius 3 is 2.47 bits per heavy atom. The molecule has 2 rings (SSSR count). The number of hydrazone groups is 1. The average Bonchev–Trinajstić information content (AvgIpc) is 2.42. The number of benzene rings is 2. The van der Waals surface area contributed by atoms with Crippen LogP contribution in [-0.4, -0.2) is 12.1 Å². The van der Waals surface area contributed by atoms with Crippen LogP contribution >= 0.6 is 15.9 Å². The molecule has 19 heavy (non-hydrogen) atoms. The molecule has 0 aliphatic heterocycles. The molecular formula is C15H13BrN2O. The van der Waals surface area contributed by atoms with Crippen LogP contribution in [0.15, 0.2) is 64.2 Å². The Morgan fingerprint density at radius 1 is 1.11 bits per heavy atom. The van der Waals surface area contributed by atoms with Gasteiger partial charge in [0.15, 0.2) is 0 Å². The highest BCUT2D eigenvalue weighted by Gasteiger charge is 2.00. The largest absolute Gasteiger partial charge is 0.273 e. The van der Waals surface area contributed by atoms with Crippen molar-refractivity contribution >= 4 is 28.1 Å². The fourth-order valence-corrected chi connectivity index (χ4v) is 1.81. The lowest BCUT2D eigenvalue weighted by atomic mass is 10.1. The molecule has 0 saturated heterocycles. The third-order valence-electron chi connectivity index (χ3n) is 2.48. The number of nitrogens with one attached hydrogen (secondary N) is 1. The van der Waals surface area contributed by atoms with Crippen LogP contribution < -0.4 is 5.43 Å². The smallest absolute Gasteiger partial charge is 0.244 e. The molecule has 2 aromatic carbocycles. The van der Waals surface area contributed by atoms with Gasteiger partial charge in [-0.05, 0) is 23.3 Å². The van der Waals surface area contributed by atoms with Crippen LogP contribution in [0.2, 0.25) is 0 Å². The third-order valence-corrected chi connectivity index (χ3v) is 3.01. The van der Waals surface area contributed by atoms with Crippen molar-refractivity contribution in [2.24, 2.45) is 5.10 Å². The van der Waals surface area contributed by atoms with Gasteiger partial charge in [0, 0.05) is 4.47 Å². The lowest BCUT2D eigenvalue weighted by Crippen LogP contribution is -2.19. The highest BCUT2D eigenvalue weighted by atomic mass is 79.9. The monoisotopic (exact) mass is 316 g/mol. The average molecular weight is 317 g/mol. The second-order valence-corrected chi connectivity index (χ2v) is 4.92. The van der Waals surface area contributed by atoms with Gasteiger partial charge in [-0.25, -0.2) is 5.43 Å². The number of rotatable bonds is 4. The molecule has 0 aliphatic rings. The summed E-state index contributed by atoms with van der Waals surface area (Å²) >= 11 is 3.36. The van der Waals surface area contributed by atoms with Crippen molar-refractivity contribution in [2.45, 2.75) is 6.42 Å². The second kappa shape index (κ2) is 6.85. The molecular weight excluding hydrogens is 304 g/mol. The quantitative estimate of drug-likeness (QED) is 0.683. The maximum Gasteiger partial charge on any atom is 0.244 e. The number of hydrogen-bond acceptors (Lipinski definition) is 2. The topological polar surface area (TPSA) is 41.5 Å². The molecule has 0 aliphatic carbocycles. The maximum atomic E-state index is 11.6. The van der Waals surface area contributed by atoms with Gasteiger partial charge in [-0.3, -0.25) is 4.79 Å². The molecule has 0 radical (unpaired) electrons. The molecule has 2 aromatic rings. The molecule has 0 fully saturated rings. The van der Waals surface area contributed by atoms with Crippen molar-refractivity contribution in [3.63, 3.8) is 0 Å². The number of carbonyl (C=O) groups is 1. The van der Waals surface area contributed by atoms with E-state index in [1.54, 1.807) is 6.21 Å². The Morgan fingerprint density at radius 2 is 1.79 bits per heavy atom. The van der Waals surface area contributed by atoms with Crippen molar-refractivity contribution in [1.82, 2.24) is 5.43 Å². The summed E-state index contributed by atoms with van der Waals surface area (Å²) in [4.78, 5) is 11.6. The van der Waals surface area contributed by atoms with E-state index in [-0.39, 0.29) is 5.91 Å². The fourth-order valence-electron chi connectivity index (χ4n) is 1.55. The van der Waals surface area contributed by atoms with Crippen LogP contribution in [-0.2, 0) is 11.2 Å². The van der Waals surface area contributed by atoms with Gasteiger partial charge >= 0.3 is 0 Å². The Kier molecular flexibility index (Phi) is 4.86. The highest BCUT2D eigenvalue weighted by molar-refractivity contribution is 9.10. The van der Waals surface area contributed by atoms with Crippen molar-refractivity contribution < 1.29 is 4.79 Å². The van der Waals surface area contributed by atoms with E-state index in [1.165, 1.54) is 0 Å². The molecule has 0 bridgehead atoms. The summed E-state index contributed by atoms with van der Waals surface area (Å²) in [6.45, 7) is 0. The Balaban J connectivity index is 1.85. The first-order chi connectivity index (χ1) is 9.24. The third kappa shape index (κ3) is 4.67. The van der Waals surface area contributed by atoms with Crippen molar-refractivity contribution in [3.05, 3.63) is 70.2 Å². The van der Waals surface area contributed by atoms with Crippen molar-refractivity contribution in [3.8, 4) is 0 Å². The summed E-state index contributed by atoms with van der Waals surface area (Å²) in [6, 6.07) is 17.2. The number of amides is 1. The van der Waals surface area contributed by atoms with Crippen LogP contribution in [0.25, 0.3) is 0 Å². The van der Waals surface area contributed by atoms with Crippen LogP contribution in [0.4, 0.5) is 0 Å². The predicted molar refractivity (Wildman–Crippen MR) is 80.0 cm³/mol. The Bertz CT molecular complexity index is 564. The summed E-state index contributed by atoms with van der Waals surface area (Å²) in [6.07, 6.45) is 1.95. The molecule has 1 amide bonds. The summed E-state index contributed by atoms with van der Waals surface area (Å²) in [5, 5.41) is 3.93. The van der Waals surface area contributed by atoms with E-state index < -0.39 is 0 Å². The van der Waals surface area contributed by atoms with Crippen LogP contribution in [0.3, 0.4) is 0 Å². The van der Waals surface area contributed by atoms with Crippen LogP contribution in [0, 0.1) is 0 Å². The van der Waals surface area contributed by atoms with Gasteiger partial charge in [-0.1, -0.05) is 58.4 Å². The molecule has 0 unspecified atom stereocenters. The van der Waals surface area contributed by atoms with Crippen molar-refractivity contribution in [2.75, 3.05) is 0 Å². The van der Waals surface area contributed by atoms with Gasteiger partial charge in [0.25, 0.3) is 0 Å². The SMILES string of the molecule is O=C(Cc1ccccc1)NN=Cc1ccc(Br)cc1. The standard InChI is InChI=1S/C15H13BrN2O/c16-14-8-6-13(7-9-14)11-17-18-15(19)10-12-4-2-1-3-5-12/h1-9,11H,10H2,(H,18,19). The van der Waals surface area contributed by atoms with Gasteiger partial charge in [-0.2, -0.15) is 5.10 Å². The van der Waals surface area contributed by atoms with Gasteiger partial charge in [0.2, 0.25) is 5.91 Å². The molecule has 0 saturated carbocycles. The number of nitrogens with zero attached hydrogens (tertiary/aromatic N) is 1. The Hall–Kier alpha value is -1.94. The maximum absolute atomic E-state index is 11.6. The summed E-state index contributed by atoms with van der Waals surface area (Å²) in [7, 11) is 0. The van der Waals surface area contributed by atoms with E-state index in [1.807, 2.05) is 54.6 Å². The summed E-state index contributed by atoms with van der Waals surface area (Å²) < 4.78 is 1.01. The Labute approximate surface area is 120 Å². The van der Waals surface area contributed by atoms with E-state index in [9.17, 15) is 4.79 Å². The molecule has 96 valence electrons. The first-order valence-electron chi connectivity index (χ1n) is 5.85. The number of halogens is 1. The summed E-state index contributed by atoms with van der Waals surface area (Å²) in [5.41, 5.74) is 4.42. The zero-order chi connectivity index (χ0) is 13.5. The van der Waals surface area contributed by atoms with E-state index in [0.29, 0.717) is 6.42 Å². The normalized spacial score (nSPS) is 10.6. The van der Waals surface area contributed by atoms with Crippen molar-refractivity contribution in [1.29, 1.82) is 0 Å².